The largest absolute Gasteiger partial charge is 0.496 e. The summed E-state index contributed by atoms with van der Waals surface area (Å²) < 4.78 is 5.22. The molecule has 3 nitrogen and oxygen atoms in total. The summed E-state index contributed by atoms with van der Waals surface area (Å²) in [7, 11) is 3.29. The van der Waals surface area contributed by atoms with Crippen molar-refractivity contribution >= 4 is 11.8 Å². The van der Waals surface area contributed by atoms with E-state index in [9.17, 15) is 0 Å². The lowest BCUT2D eigenvalue weighted by Gasteiger charge is -2.08. The Balaban J connectivity index is 2.79. The Hall–Kier alpha value is -0.710. The molecule has 4 heteroatoms. The van der Waals surface area contributed by atoms with Crippen molar-refractivity contribution in [3.63, 3.8) is 0 Å². The monoisotopic (exact) mass is 213 g/mol. The van der Waals surface area contributed by atoms with Gasteiger partial charge in [-0.3, -0.25) is 0 Å². The van der Waals surface area contributed by atoms with Gasteiger partial charge in [-0.05, 0) is 24.0 Å². The molecule has 14 heavy (non-hydrogen) atoms. The standard InChI is InChI=1S/C10H15NO2S/c1-12-9-5-4-8(7-11-13-2)6-10(9)14-3/h4-6,11H,7H2,1-3H3. The molecule has 0 saturated heterocycles. The molecule has 0 saturated carbocycles. The van der Waals surface area contributed by atoms with Gasteiger partial charge in [0.2, 0.25) is 0 Å². The van der Waals surface area contributed by atoms with E-state index in [1.807, 2.05) is 18.4 Å². The minimum atomic E-state index is 0.702. The number of hydrogen-bond acceptors (Lipinski definition) is 4. The summed E-state index contributed by atoms with van der Waals surface area (Å²) >= 11 is 1.67. The van der Waals surface area contributed by atoms with Crippen molar-refractivity contribution in [3.8, 4) is 5.75 Å². The lowest BCUT2D eigenvalue weighted by Crippen LogP contribution is -2.10. The Labute approximate surface area is 88.7 Å². The van der Waals surface area contributed by atoms with E-state index < -0.39 is 0 Å². The Bertz CT molecular complexity index is 291. The first-order valence-corrected chi connectivity index (χ1v) is 5.51. The Kier molecular flexibility index (Phi) is 4.79. The zero-order chi connectivity index (χ0) is 10.4. The molecular formula is C10H15NO2S. The van der Waals surface area contributed by atoms with Crippen molar-refractivity contribution in [2.24, 2.45) is 0 Å². The predicted molar refractivity (Wildman–Crippen MR) is 58.6 cm³/mol. The molecule has 0 spiro atoms. The van der Waals surface area contributed by atoms with Crippen molar-refractivity contribution in [2.75, 3.05) is 20.5 Å². The lowest BCUT2D eigenvalue weighted by atomic mass is 10.2. The number of benzene rings is 1. The van der Waals surface area contributed by atoms with Gasteiger partial charge in [-0.2, -0.15) is 5.48 Å². The van der Waals surface area contributed by atoms with E-state index in [1.54, 1.807) is 26.0 Å². The van der Waals surface area contributed by atoms with Gasteiger partial charge in [-0.15, -0.1) is 11.8 Å². The van der Waals surface area contributed by atoms with Crippen molar-refractivity contribution in [1.29, 1.82) is 0 Å². The van der Waals surface area contributed by atoms with Crippen LogP contribution in [0.4, 0.5) is 0 Å². The predicted octanol–water partition coefficient (Wildman–Crippen LogP) is 2.07. The van der Waals surface area contributed by atoms with Crippen molar-refractivity contribution in [3.05, 3.63) is 23.8 Å². The molecule has 0 atom stereocenters. The third-order valence-electron chi connectivity index (χ3n) is 1.87. The zero-order valence-electron chi connectivity index (χ0n) is 8.66. The molecular weight excluding hydrogens is 198 g/mol. The van der Waals surface area contributed by atoms with E-state index in [0.717, 1.165) is 10.6 Å². The first-order valence-electron chi connectivity index (χ1n) is 4.28. The van der Waals surface area contributed by atoms with E-state index >= 15 is 0 Å². The number of rotatable bonds is 5. The van der Waals surface area contributed by atoms with Crippen LogP contribution in [0.1, 0.15) is 5.56 Å². The van der Waals surface area contributed by atoms with Crippen LogP contribution >= 0.6 is 11.8 Å². The van der Waals surface area contributed by atoms with Crippen LogP contribution in [0, 0.1) is 0 Å². The minimum Gasteiger partial charge on any atom is -0.496 e. The van der Waals surface area contributed by atoms with E-state index in [1.165, 1.54) is 5.56 Å². The van der Waals surface area contributed by atoms with E-state index in [2.05, 4.69) is 11.5 Å². The average Bonchev–Trinajstić information content (AvgIpc) is 2.25. The second-order valence-electron chi connectivity index (χ2n) is 2.71. The van der Waals surface area contributed by atoms with Crippen LogP contribution in [0.25, 0.3) is 0 Å². The summed E-state index contributed by atoms with van der Waals surface area (Å²) in [5.41, 5.74) is 3.98. The molecule has 78 valence electrons. The molecule has 0 radical (unpaired) electrons. The molecule has 0 aliphatic rings. The van der Waals surface area contributed by atoms with Gasteiger partial charge in [-0.25, -0.2) is 0 Å². The summed E-state index contributed by atoms with van der Waals surface area (Å²) in [5, 5.41) is 0. The summed E-state index contributed by atoms with van der Waals surface area (Å²) in [6.07, 6.45) is 2.03. The quantitative estimate of drug-likeness (QED) is 0.599. The van der Waals surface area contributed by atoms with E-state index in [4.69, 9.17) is 9.57 Å². The zero-order valence-corrected chi connectivity index (χ0v) is 9.48. The van der Waals surface area contributed by atoms with Crippen molar-refractivity contribution in [1.82, 2.24) is 5.48 Å². The van der Waals surface area contributed by atoms with Crippen LogP contribution in [0.5, 0.6) is 5.75 Å². The van der Waals surface area contributed by atoms with Crippen LogP contribution in [0.15, 0.2) is 23.1 Å². The Morgan fingerprint density at radius 3 is 2.71 bits per heavy atom. The second-order valence-corrected chi connectivity index (χ2v) is 3.56. The van der Waals surface area contributed by atoms with Gasteiger partial charge in [0, 0.05) is 11.4 Å². The molecule has 0 unspecified atom stereocenters. The Morgan fingerprint density at radius 1 is 1.36 bits per heavy atom. The van der Waals surface area contributed by atoms with Gasteiger partial charge in [0.05, 0.1) is 14.2 Å². The van der Waals surface area contributed by atoms with E-state index in [-0.39, 0.29) is 0 Å². The molecule has 1 rings (SSSR count). The molecule has 1 aromatic rings. The van der Waals surface area contributed by atoms with Crippen LogP contribution in [0.2, 0.25) is 0 Å². The van der Waals surface area contributed by atoms with Crippen molar-refractivity contribution < 1.29 is 9.57 Å². The van der Waals surface area contributed by atoms with Gasteiger partial charge < -0.3 is 9.57 Å². The van der Waals surface area contributed by atoms with E-state index in [0.29, 0.717) is 6.54 Å². The summed E-state index contributed by atoms with van der Waals surface area (Å²) in [5.74, 6) is 0.915. The normalized spacial score (nSPS) is 10.2. The SMILES string of the molecule is CONCc1ccc(OC)c(SC)c1. The molecule has 1 aromatic carbocycles. The number of hydroxylamine groups is 1. The number of nitrogens with one attached hydrogen (secondary N) is 1. The number of ether oxygens (including phenoxy) is 1. The smallest absolute Gasteiger partial charge is 0.132 e. The lowest BCUT2D eigenvalue weighted by molar-refractivity contribution is 0.0866. The maximum absolute atomic E-state index is 5.22. The molecule has 0 heterocycles. The maximum Gasteiger partial charge on any atom is 0.132 e. The average molecular weight is 213 g/mol. The van der Waals surface area contributed by atoms with Gasteiger partial charge >= 0.3 is 0 Å². The number of hydrogen-bond donors (Lipinski definition) is 1. The summed E-state index contributed by atoms with van der Waals surface area (Å²) in [6.45, 7) is 0.702. The molecule has 0 aliphatic heterocycles. The second kappa shape index (κ2) is 5.90. The maximum atomic E-state index is 5.22. The topological polar surface area (TPSA) is 30.5 Å². The fourth-order valence-corrected chi connectivity index (χ4v) is 1.77. The highest BCUT2D eigenvalue weighted by molar-refractivity contribution is 7.98. The van der Waals surface area contributed by atoms with Gasteiger partial charge in [0.25, 0.3) is 0 Å². The Morgan fingerprint density at radius 2 is 2.14 bits per heavy atom. The third kappa shape index (κ3) is 2.90. The van der Waals surface area contributed by atoms with Gasteiger partial charge in [-0.1, -0.05) is 6.07 Å². The molecule has 0 aromatic heterocycles. The molecule has 0 amide bonds. The van der Waals surface area contributed by atoms with Crippen LogP contribution in [-0.4, -0.2) is 20.5 Å². The molecule has 0 bridgehead atoms. The fraction of sp³-hybridized carbons (Fsp3) is 0.400. The highest BCUT2D eigenvalue weighted by Crippen LogP contribution is 2.28. The van der Waals surface area contributed by atoms with Crippen molar-refractivity contribution in [2.45, 2.75) is 11.4 Å². The van der Waals surface area contributed by atoms with Gasteiger partial charge in [0.1, 0.15) is 5.75 Å². The number of methoxy groups -OCH3 is 1. The highest BCUT2D eigenvalue weighted by atomic mass is 32.2. The third-order valence-corrected chi connectivity index (χ3v) is 2.63. The first kappa shape index (κ1) is 11.4. The minimum absolute atomic E-state index is 0.702. The fourth-order valence-electron chi connectivity index (χ4n) is 1.15. The van der Waals surface area contributed by atoms with Crippen LogP contribution in [0.3, 0.4) is 0 Å². The van der Waals surface area contributed by atoms with Crippen LogP contribution < -0.4 is 10.2 Å². The summed E-state index contributed by atoms with van der Waals surface area (Å²) in [6, 6.07) is 6.08. The molecule has 1 N–H and O–H groups in total. The van der Waals surface area contributed by atoms with Crippen LogP contribution in [-0.2, 0) is 11.4 Å². The highest BCUT2D eigenvalue weighted by Gasteiger charge is 2.02. The number of thioether (sulfide) groups is 1. The molecule has 0 fully saturated rings. The summed E-state index contributed by atoms with van der Waals surface area (Å²) in [4.78, 5) is 5.93. The van der Waals surface area contributed by atoms with Gasteiger partial charge in [0.15, 0.2) is 0 Å². The molecule has 0 aliphatic carbocycles. The first-order chi connectivity index (χ1) is 6.81.